The summed E-state index contributed by atoms with van der Waals surface area (Å²) in [5.41, 5.74) is 0.979. The molecule has 8 nitrogen and oxygen atoms in total. The van der Waals surface area contributed by atoms with Crippen LogP contribution >= 0.6 is 0 Å². The van der Waals surface area contributed by atoms with Gasteiger partial charge in [0.15, 0.2) is 11.6 Å². The highest BCUT2D eigenvalue weighted by Gasteiger charge is 2.46. The van der Waals surface area contributed by atoms with Crippen molar-refractivity contribution in [1.82, 2.24) is 14.8 Å². The number of benzene rings is 1. The minimum absolute atomic E-state index is 0.0452. The molecule has 4 atom stereocenters. The van der Waals surface area contributed by atoms with Gasteiger partial charge in [0.2, 0.25) is 5.82 Å². The number of pyridine rings is 1. The first-order chi connectivity index (χ1) is 16.8. The molecule has 3 saturated heterocycles. The van der Waals surface area contributed by atoms with Gasteiger partial charge in [-0.25, -0.2) is 4.39 Å². The number of halogens is 2. The van der Waals surface area contributed by atoms with Crippen LogP contribution in [0.25, 0.3) is 0 Å². The van der Waals surface area contributed by atoms with Crippen molar-refractivity contribution >= 4 is 17.5 Å². The number of ether oxygens (including phenoxy) is 2. The Hall–Kier alpha value is -3.11. The number of amides is 2. The fraction of sp³-hybridized carbons (Fsp3) is 0.480. The number of likely N-dealkylation sites (N-methyl/N-ethyl adjacent to an activating group) is 1. The maximum atomic E-state index is 12.8. The molecular formula is C25H30F2N4O4. The Balaban J connectivity index is 0.000000243. The van der Waals surface area contributed by atoms with E-state index in [1.165, 1.54) is 19.2 Å². The SMILES string of the molecule is CC1CCC(C(=O)Nc2ccnc(C(=O)N3C4CC3CN(C)C4)c2)O1.COc1cccc(F)c1F. The zero-order valence-corrected chi connectivity index (χ0v) is 20.0. The second-order valence-electron chi connectivity index (χ2n) is 9.16. The van der Waals surface area contributed by atoms with Gasteiger partial charge in [-0.3, -0.25) is 14.6 Å². The number of piperazine rings is 1. The monoisotopic (exact) mass is 488 g/mol. The summed E-state index contributed by atoms with van der Waals surface area (Å²) in [6.45, 7) is 3.80. The lowest BCUT2D eigenvalue weighted by Gasteiger charge is -2.55. The van der Waals surface area contributed by atoms with E-state index in [2.05, 4.69) is 27.0 Å². The number of carbonyl (C=O) groups excluding carboxylic acids is 2. The van der Waals surface area contributed by atoms with Crippen molar-refractivity contribution in [2.24, 2.45) is 0 Å². The van der Waals surface area contributed by atoms with Crippen LogP contribution in [0.1, 0.15) is 36.7 Å². The molecular weight excluding hydrogens is 458 g/mol. The van der Waals surface area contributed by atoms with Crippen molar-refractivity contribution < 1.29 is 27.8 Å². The molecule has 0 radical (unpaired) electrons. The lowest BCUT2D eigenvalue weighted by atomic mass is 9.87. The molecule has 1 aromatic heterocycles. The van der Waals surface area contributed by atoms with Gasteiger partial charge in [0.05, 0.1) is 13.2 Å². The lowest BCUT2D eigenvalue weighted by molar-refractivity contribution is -0.126. The number of carbonyl (C=O) groups is 2. The van der Waals surface area contributed by atoms with Gasteiger partial charge in [-0.2, -0.15) is 4.39 Å². The first-order valence-electron chi connectivity index (χ1n) is 11.7. The first kappa shape index (κ1) is 25.0. The van der Waals surface area contributed by atoms with Crippen LogP contribution in [0.3, 0.4) is 0 Å². The molecule has 2 aromatic rings. The van der Waals surface area contributed by atoms with Crippen molar-refractivity contribution in [3.05, 3.63) is 53.9 Å². The highest BCUT2D eigenvalue weighted by atomic mass is 19.2. The molecule has 3 aliphatic heterocycles. The predicted molar refractivity (Wildman–Crippen MR) is 125 cm³/mol. The summed E-state index contributed by atoms with van der Waals surface area (Å²) in [4.78, 5) is 33.5. The number of nitrogens with zero attached hydrogens (tertiary/aromatic N) is 3. The number of hydrogen-bond donors (Lipinski definition) is 1. The zero-order valence-electron chi connectivity index (χ0n) is 20.0. The number of rotatable bonds is 4. The van der Waals surface area contributed by atoms with Gasteiger partial charge < -0.3 is 24.6 Å². The normalized spacial score (nSPS) is 25.2. The highest BCUT2D eigenvalue weighted by Crippen LogP contribution is 2.33. The van der Waals surface area contributed by atoms with E-state index in [0.29, 0.717) is 11.4 Å². The number of anilines is 1. The average molecular weight is 489 g/mol. The number of aromatic nitrogens is 1. The summed E-state index contributed by atoms with van der Waals surface area (Å²) >= 11 is 0. The quantitative estimate of drug-likeness (QED) is 0.712. The molecule has 35 heavy (non-hydrogen) atoms. The Bertz CT molecular complexity index is 1070. The Kier molecular flexibility index (Phi) is 7.61. The molecule has 1 aromatic carbocycles. The van der Waals surface area contributed by atoms with Crippen LogP contribution in [0.2, 0.25) is 0 Å². The Morgan fingerprint density at radius 1 is 1.17 bits per heavy atom. The van der Waals surface area contributed by atoms with Crippen LogP contribution in [-0.4, -0.2) is 78.1 Å². The summed E-state index contributed by atoms with van der Waals surface area (Å²) in [6, 6.07) is 7.72. The van der Waals surface area contributed by atoms with E-state index in [1.807, 2.05) is 11.8 Å². The van der Waals surface area contributed by atoms with Crippen LogP contribution in [0.5, 0.6) is 5.75 Å². The third-order valence-corrected chi connectivity index (χ3v) is 6.52. The van der Waals surface area contributed by atoms with E-state index in [9.17, 15) is 18.4 Å². The molecule has 4 unspecified atom stereocenters. The third kappa shape index (κ3) is 5.59. The van der Waals surface area contributed by atoms with Crippen LogP contribution in [0.15, 0.2) is 36.5 Å². The molecule has 2 bridgehead atoms. The number of methoxy groups -OCH3 is 1. The van der Waals surface area contributed by atoms with Crippen molar-refractivity contribution in [2.75, 3.05) is 32.6 Å². The van der Waals surface area contributed by atoms with Gasteiger partial charge in [0, 0.05) is 37.1 Å². The summed E-state index contributed by atoms with van der Waals surface area (Å²) in [5.74, 6) is -2.10. The second kappa shape index (κ2) is 10.7. The van der Waals surface area contributed by atoms with E-state index >= 15 is 0 Å². The zero-order chi connectivity index (χ0) is 25.1. The third-order valence-electron chi connectivity index (χ3n) is 6.52. The number of likely N-dealkylation sites (tertiary alicyclic amines) is 2. The van der Waals surface area contributed by atoms with Crippen molar-refractivity contribution in [3.8, 4) is 5.75 Å². The van der Waals surface area contributed by atoms with Gasteiger partial charge in [-0.05, 0) is 57.5 Å². The van der Waals surface area contributed by atoms with Crippen LogP contribution in [0, 0.1) is 11.6 Å². The Labute approximate surface area is 203 Å². The second-order valence-corrected chi connectivity index (χ2v) is 9.16. The standard InChI is InChI=1S/C18H24N4O3.C7H6F2O/c1-11-3-4-16(25-11)17(23)20-12-5-6-19-15(7-12)18(24)22-13-8-14(22)10-21(2)9-13;1-10-6-4-2-3-5(8)7(6)9/h5-7,11,13-14,16H,3-4,8-10H2,1-2H3,(H,19,20,23);2-4H,1H3. The van der Waals surface area contributed by atoms with E-state index in [0.717, 1.165) is 38.4 Å². The van der Waals surface area contributed by atoms with E-state index in [1.54, 1.807) is 18.3 Å². The minimum Gasteiger partial charge on any atom is -0.494 e. The fourth-order valence-corrected chi connectivity index (χ4v) is 4.77. The summed E-state index contributed by atoms with van der Waals surface area (Å²) in [7, 11) is 3.37. The molecule has 4 heterocycles. The topological polar surface area (TPSA) is 84.0 Å². The van der Waals surface area contributed by atoms with Crippen LogP contribution < -0.4 is 10.1 Å². The summed E-state index contributed by atoms with van der Waals surface area (Å²) in [6.07, 6.45) is 3.98. The summed E-state index contributed by atoms with van der Waals surface area (Å²) < 4.78 is 34.9. The molecule has 1 N–H and O–H groups in total. The van der Waals surface area contributed by atoms with Crippen molar-refractivity contribution in [2.45, 2.75) is 50.5 Å². The number of piperidine rings is 1. The maximum absolute atomic E-state index is 12.8. The molecule has 10 heteroatoms. The van der Waals surface area contributed by atoms with E-state index < -0.39 is 17.7 Å². The van der Waals surface area contributed by atoms with E-state index in [4.69, 9.17) is 4.74 Å². The smallest absolute Gasteiger partial charge is 0.273 e. The van der Waals surface area contributed by atoms with Gasteiger partial charge in [0.1, 0.15) is 11.8 Å². The highest BCUT2D eigenvalue weighted by molar-refractivity contribution is 5.97. The largest absolute Gasteiger partial charge is 0.494 e. The number of nitrogens with one attached hydrogen (secondary N) is 1. The van der Waals surface area contributed by atoms with Gasteiger partial charge in [0.25, 0.3) is 11.8 Å². The maximum Gasteiger partial charge on any atom is 0.273 e. The first-order valence-corrected chi connectivity index (χ1v) is 11.7. The van der Waals surface area contributed by atoms with Crippen molar-refractivity contribution in [3.63, 3.8) is 0 Å². The van der Waals surface area contributed by atoms with Crippen LogP contribution in [0.4, 0.5) is 14.5 Å². The van der Waals surface area contributed by atoms with E-state index in [-0.39, 0.29) is 35.8 Å². The lowest BCUT2D eigenvalue weighted by Crippen LogP contribution is -2.69. The fourth-order valence-electron chi connectivity index (χ4n) is 4.77. The molecule has 3 aliphatic rings. The van der Waals surface area contributed by atoms with Gasteiger partial charge in [-0.15, -0.1) is 0 Å². The molecule has 0 saturated carbocycles. The minimum atomic E-state index is -0.940. The number of hydrogen-bond acceptors (Lipinski definition) is 6. The molecule has 2 amide bonds. The van der Waals surface area contributed by atoms with Gasteiger partial charge in [-0.1, -0.05) is 6.07 Å². The van der Waals surface area contributed by atoms with Crippen LogP contribution in [-0.2, 0) is 9.53 Å². The molecule has 0 aliphatic carbocycles. The Morgan fingerprint density at radius 2 is 1.91 bits per heavy atom. The number of fused-ring (bicyclic) bond motifs is 2. The molecule has 5 rings (SSSR count). The summed E-state index contributed by atoms with van der Waals surface area (Å²) in [5, 5.41) is 2.85. The van der Waals surface area contributed by atoms with Gasteiger partial charge >= 0.3 is 0 Å². The molecule has 3 fully saturated rings. The Morgan fingerprint density at radius 3 is 2.54 bits per heavy atom. The molecule has 188 valence electrons. The predicted octanol–water partition coefficient (Wildman–Crippen LogP) is 3.09. The molecule has 0 spiro atoms. The average Bonchev–Trinajstić information content (AvgIpc) is 3.27. The van der Waals surface area contributed by atoms with Crippen molar-refractivity contribution in [1.29, 1.82) is 0 Å².